The summed E-state index contributed by atoms with van der Waals surface area (Å²) in [5.74, 6) is 0.123. The Labute approximate surface area is 106 Å². The first-order chi connectivity index (χ1) is 7.83. The molecular formula is C12H26N2O2Si. The van der Waals surface area contributed by atoms with Crippen molar-refractivity contribution in [2.75, 3.05) is 14.1 Å². The lowest BCUT2D eigenvalue weighted by atomic mass is 10.6. The van der Waals surface area contributed by atoms with Gasteiger partial charge in [0.15, 0.2) is 0 Å². The zero-order valence-electron chi connectivity index (χ0n) is 12.0. The molecule has 0 spiro atoms. The van der Waals surface area contributed by atoms with Crippen LogP contribution in [0.1, 0.15) is 40.5 Å². The van der Waals surface area contributed by atoms with E-state index in [1.54, 1.807) is 13.8 Å². The molecule has 0 aromatic heterocycles. The zero-order valence-corrected chi connectivity index (χ0v) is 13.0. The number of carbonyl (C=O) groups excluding carboxylic acids is 2. The van der Waals surface area contributed by atoms with E-state index < -0.39 is 8.40 Å². The van der Waals surface area contributed by atoms with E-state index in [1.165, 1.54) is 0 Å². The molecule has 0 aromatic carbocycles. The van der Waals surface area contributed by atoms with Gasteiger partial charge in [0.05, 0.1) is 0 Å². The highest BCUT2D eigenvalue weighted by atomic mass is 28.3. The van der Waals surface area contributed by atoms with E-state index in [9.17, 15) is 9.59 Å². The van der Waals surface area contributed by atoms with Crippen LogP contribution in [0.15, 0.2) is 0 Å². The second kappa shape index (κ2) is 6.79. The van der Waals surface area contributed by atoms with Crippen molar-refractivity contribution in [2.45, 2.75) is 52.6 Å². The van der Waals surface area contributed by atoms with Gasteiger partial charge < -0.3 is 9.13 Å². The molecule has 0 unspecified atom stereocenters. The van der Waals surface area contributed by atoms with Gasteiger partial charge in [-0.1, -0.05) is 26.7 Å². The molecule has 0 atom stereocenters. The van der Waals surface area contributed by atoms with Gasteiger partial charge in [-0.25, -0.2) is 0 Å². The Bertz CT molecular complexity index is 254. The van der Waals surface area contributed by atoms with Gasteiger partial charge in [-0.15, -0.1) is 0 Å². The zero-order chi connectivity index (χ0) is 13.6. The highest BCUT2D eigenvalue weighted by Crippen LogP contribution is 2.26. The van der Waals surface area contributed by atoms with E-state index in [2.05, 4.69) is 13.8 Å². The maximum absolute atomic E-state index is 11.7. The molecule has 0 rings (SSSR count). The van der Waals surface area contributed by atoms with Crippen LogP contribution < -0.4 is 0 Å². The summed E-state index contributed by atoms with van der Waals surface area (Å²) < 4.78 is 3.70. The molecule has 0 radical (unpaired) electrons. The normalized spacial score (nSPS) is 11.2. The summed E-state index contributed by atoms with van der Waals surface area (Å²) >= 11 is 0. The van der Waals surface area contributed by atoms with Gasteiger partial charge >= 0.3 is 0 Å². The number of amides is 2. The highest BCUT2D eigenvalue weighted by molar-refractivity contribution is 6.78. The minimum atomic E-state index is -2.16. The summed E-state index contributed by atoms with van der Waals surface area (Å²) in [5, 5.41) is 0. The third-order valence-corrected chi connectivity index (χ3v) is 9.22. The van der Waals surface area contributed by atoms with E-state index in [-0.39, 0.29) is 11.8 Å². The second-order valence-electron chi connectivity index (χ2n) is 4.64. The number of carbonyl (C=O) groups is 2. The maximum atomic E-state index is 11.7. The molecule has 0 heterocycles. The fourth-order valence-corrected chi connectivity index (χ4v) is 7.22. The van der Waals surface area contributed by atoms with Gasteiger partial charge in [-0.3, -0.25) is 9.59 Å². The molecule has 0 bridgehead atoms. The number of hydrogen-bond acceptors (Lipinski definition) is 2. The van der Waals surface area contributed by atoms with Gasteiger partial charge in [-0.05, 0) is 12.1 Å². The fourth-order valence-electron chi connectivity index (χ4n) is 2.41. The lowest BCUT2D eigenvalue weighted by Crippen LogP contribution is -2.65. The maximum Gasteiger partial charge on any atom is 0.268 e. The van der Waals surface area contributed by atoms with Gasteiger partial charge in [0.2, 0.25) is 11.8 Å². The molecular weight excluding hydrogens is 232 g/mol. The minimum absolute atomic E-state index is 0.0617. The van der Waals surface area contributed by atoms with Crippen molar-refractivity contribution >= 4 is 20.2 Å². The van der Waals surface area contributed by atoms with E-state index in [4.69, 9.17) is 0 Å². The molecule has 5 heteroatoms. The van der Waals surface area contributed by atoms with Crippen LogP contribution in [0.4, 0.5) is 0 Å². The number of hydrogen-bond donors (Lipinski definition) is 0. The average Bonchev–Trinajstić information content (AvgIpc) is 2.26. The van der Waals surface area contributed by atoms with Crippen molar-refractivity contribution in [3.8, 4) is 0 Å². The van der Waals surface area contributed by atoms with E-state index in [1.807, 2.05) is 23.2 Å². The van der Waals surface area contributed by atoms with Crippen LogP contribution in [0.25, 0.3) is 0 Å². The van der Waals surface area contributed by atoms with Crippen molar-refractivity contribution in [3.05, 3.63) is 0 Å². The van der Waals surface area contributed by atoms with E-state index >= 15 is 0 Å². The summed E-state index contributed by atoms with van der Waals surface area (Å²) in [6.07, 6.45) is 2.00. The number of nitrogens with zero attached hydrogens (tertiary/aromatic N) is 2. The molecule has 2 amide bonds. The van der Waals surface area contributed by atoms with Crippen LogP contribution in [0.3, 0.4) is 0 Å². The topological polar surface area (TPSA) is 40.6 Å². The molecule has 0 aliphatic carbocycles. The third kappa shape index (κ3) is 3.56. The van der Waals surface area contributed by atoms with Crippen molar-refractivity contribution in [1.82, 2.24) is 9.13 Å². The predicted molar refractivity (Wildman–Crippen MR) is 72.8 cm³/mol. The number of rotatable bonds is 6. The molecule has 0 fully saturated rings. The molecule has 0 aliphatic heterocycles. The van der Waals surface area contributed by atoms with Crippen LogP contribution in [-0.2, 0) is 9.59 Å². The lowest BCUT2D eigenvalue weighted by Gasteiger charge is -2.45. The molecule has 100 valence electrons. The van der Waals surface area contributed by atoms with E-state index in [0.717, 1.165) is 24.9 Å². The summed E-state index contributed by atoms with van der Waals surface area (Å²) in [6, 6.07) is 1.90. The lowest BCUT2D eigenvalue weighted by molar-refractivity contribution is -0.126. The van der Waals surface area contributed by atoms with Gasteiger partial charge in [0.1, 0.15) is 0 Å². The summed E-state index contributed by atoms with van der Waals surface area (Å²) in [5.41, 5.74) is 0. The van der Waals surface area contributed by atoms with Crippen LogP contribution in [-0.4, -0.2) is 43.4 Å². The van der Waals surface area contributed by atoms with Gasteiger partial charge in [0, 0.05) is 27.9 Å². The molecule has 0 saturated carbocycles. The Morgan fingerprint density at radius 3 is 1.35 bits per heavy atom. The minimum Gasteiger partial charge on any atom is -0.354 e. The van der Waals surface area contributed by atoms with Crippen LogP contribution in [0.2, 0.25) is 12.1 Å². The highest BCUT2D eigenvalue weighted by Gasteiger charge is 2.43. The predicted octanol–water partition coefficient (Wildman–Crippen LogP) is 2.21. The second-order valence-corrected chi connectivity index (χ2v) is 8.95. The van der Waals surface area contributed by atoms with Crippen molar-refractivity contribution < 1.29 is 9.59 Å². The third-order valence-electron chi connectivity index (χ3n) is 3.49. The monoisotopic (exact) mass is 258 g/mol. The Hall–Kier alpha value is -0.843. The Kier molecular flexibility index (Phi) is 6.45. The first-order valence-electron chi connectivity index (χ1n) is 6.32. The van der Waals surface area contributed by atoms with Gasteiger partial charge in [0.25, 0.3) is 8.40 Å². The average molecular weight is 258 g/mol. The summed E-state index contributed by atoms with van der Waals surface area (Å²) in [6.45, 7) is 7.39. The first kappa shape index (κ1) is 16.2. The smallest absolute Gasteiger partial charge is 0.268 e. The summed E-state index contributed by atoms with van der Waals surface area (Å²) in [7, 11) is 1.53. The SMILES string of the molecule is CCC[Si](CCC)(N(C)C(C)=O)N(C)C(C)=O. The van der Waals surface area contributed by atoms with Crippen molar-refractivity contribution in [2.24, 2.45) is 0 Å². The Balaban J connectivity index is 5.39. The van der Waals surface area contributed by atoms with Crippen molar-refractivity contribution in [3.63, 3.8) is 0 Å². The van der Waals surface area contributed by atoms with E-state index in [0.29, 0.717) is 0 Å². The van der Waals surface area contributed by atoms with Crippen LogP contribution in [0.5, 0.6) is 0 Å². The quantitative estimate of drug-likeness (QED) is 0.685. The Morgan fingerprint density at radius 2 is 1.18 bits per heavy atom. The van der Waals surface area contributed by atoms with Crippen LogP contribution >= 0.6 is 0 Å². The van der Waals surface area contributed by atoms with Crippen molar-refractivity contribution in [1.29, 1.82) is 0 Å². The fraction of sp³-hybridized carbons (Fsp3) is 0.833. The Morgan fingerprint density at radius 1 is 0.882 bits per heavy atom. The standard InChI is InChI=1S/C12H26N2O2Si/c1-7-9-17(10-8-2,13(5)11(3)15)14(6)12(4)16/h7-10H2,1-6H3. The first-order valence-corrected chi connectivity index (χ1v) is 8.63. The molecule has 0 aromatic rings. The molecule has 0 aliphatic rings. The van der Waals surface area contributed by atoms with Crippen LogP contribution in [0, 0.1) is 0 Å². The molecule has 4 nitrogen and oxygen atoms in total. The summed E-state index contributed by atoms with van der Waals surface area (Å²) in [4.78, 5) is 23.4. The molecule has 0 N–H and O–H groups in total. The largest absolute Gasteiger partial charge is 0.354 e. The molecule has 0 saturated heterocycles. The van der Waals surface area contributed by atoms with Gasteiger partial charge in [-0.2, -0.15) is 0 Å². The molecule has 17 heavy (non-hydrogen) atoms.